The van der Waals surface area contributed by atoms with Gasteiger partial charge < -0.3 is 11.7 Å². The number of ketones is 1. The molecule has 0 aliphatic carbocycles. The van der Waals surface area contributed by atoms with Crippen LogP contribution in [0, 0.1) is 6.92 Å². The van der Waals surface area contributed by atoms with Crippen LogP contribution in [-0.2, 0) is 4.79 Å². The summed E-state index contributed by atoms with van der Waals surface area (Å²) < 4.78 is 0. The van der Waals surface area contributed by atoms with Crippen LogP contribution in [-0.4, -0.2) is 5.78 Å². The van der Waals surface area contributed by atoms with Gasteiger partial charge in [0.2, 0.25) is 0 Å². The minimum atomic E-state index is 0. The van der Waals surface area contributed by atoms with Gasteiger partial charge in [-0.1, -0.05) is 32.1 Å². The average Bonchev–Trinajstić information content (AvgIpc) is 2.02. The summed E-state index contributed by atoms with van der Waals surface area (Å²) in [6.07, 6.45) is 9.30. The standard InChI is InChI=1S/C11H21O.Na/c1-3-4-5-6-7-8-9-10-11(2)12;/h1,3-10H2,2H3;/q-1;+1. The summed E-state index contributed by atoms with van der Waals surface area (Å²) in [6.45, 7) is 5.47. The number of hydrogen-bond donors (Lipinski definition) is 0. The first-order valence-electron chi connectivity index (χ1n) is 5.06. The molecule has 13 heavy (non-hydrogen) atoms. The Morgan fingerprint density at radius 1 is 1.00 bits per heavy atom. The molecular weight excluding hydrogens is 171 g/mol. The number of rotatable bonds is 8. The maximum atomic E-state index is 10.6. The van der Waals surface area contributed by atoms with Crippen LogP contribution in [0.5, 0.6) is 0 Å². The van der Waals surface area contributed by atoms with Crippen LogP contribution in [0.2, 0.25) is 0 Å². The molecule has 0 aromatic carbocycles. The van der Waals surface area contributed by atoms with Crippen molar-refractivity contribution >= 4 is 5.78 Å². The van der Waals surface area contributed by atoms with E-state index in [9.17, 15) is 4.79 Å². The van der Waals surface area contributed by atoms with Crippen LogP contribution in [0.1, 0.15) is 58.3 Å². The molecule has 0 amide bonds. The summed E-state index contributed by atoms with van der Waals surface area (Å²) in [6, 6.07) is 0. The Hall–Kier alpha value is 0.670. The Morgan fingerprint density at radius 3 is 1.92 bits per heavy atom. The summed E-state index contributed by atoms with van der Waals surface area (Å²) in [7, 11) is 0. The van der Waals surface area contributed by atoms with Crippen LogP contribution in [0.4, 0.5) is 0 Å². The first-order valence-corrected chi connectivity index (χ1v) is 5.06. The SMILES string of the molecule is [CH2-]CCCCCCCCC(C)=O.[Na+]. The van der Waals surface area contributed by atoms with Crippen LogP contribution in [0.3, 0.4) is 0 Å². The van der Waals surface area contributed by atoms with E-state index in [1.165, 1.54) is 32.1 Å². The maximum Gasteiger partial charge on any atom is 1.00 e. The van der Waals surface area contributed by atoms with Crippen LogP contribution in [0.25, 0.3) is 0 Å². The molecule has 0 aromatic heterocycles. The third-order valence-corrected chi connectivity index (χ3v) is 2.03. The van der Waals surface area contributed by atoms with Crippen molar-refractivity contribution in [1.29, 1.82) is 0 Å². The molecule has 0 aromatic rings. The summed E-state index contributed by atoms with van der Waals surface area (Å²) >= 11 is 0. The van der Waals surface area contributed by atoms with E-state index in [1.807, 2.05) is 0 Å². The molecule has 0 bridgehead atoms. The summed E-state index contributed by atoms with van der Waals surface area (Å²) in [5.74, 6) is 0.327. The zero-order chi connectivity index (χ0) is 9.23. The monoisotopic (exact) mass is 192 g/mol. The third kappa shape index (κ3) is 15.4. The molecule has 0 spiro atoms. The zero-order valence-electron chi connectivity index (χ0n) is 9.27. The Kier molecular flexibility index (Phi) is 15.7. The second-order valence-electron chi connectivity index (χ2n) is 3.43. The molecule has 0 saturated carbocycles. The van der Waals surface area contributed by atoms with Gasteiger partial charge in [0.25, 0.3) is 0 Å². The van der Waals surface area contributed by atoms with E-state index in [2.05, 4.69) is 6.92 Å². The summed E-state index contributed by atoms with van der Waals surface area (Å²) in [5, 5.41) is 0. The number of carbonyl (C=O) groups is 1. The second kappa shape index (κ2) is 12.7. The minimum absolute atomic E-state index is 0. The van der Waals surface area contributed by atoms with Crippen molar-refractivity contribution in [2.75, 3.05) is 0 Å². The Morgan fingerprint density at radius 2 is 1.46 bits per heavy atom. The van der Waals surface area contributed by atoms with Crippen molar-refractivity contribution in [3.05, 3.63) is 6.92 Å². The van der Waals surface area contributed by atoms with Gasteiger partial charge >= 0.3 is 29.6 Å². The fourth-order valence-corrected chi connectivity index (χ4v) is 1.26. The van der Waals surface area contributed by atoms with Gasteiger partial charge in [-0.2, -0.15) is 6.42 Å². The van der Waals surface area contributed by atoms with Gasteiger partial charge in [0.05, 0.1) is 0 Å². The third-order valence-electron chi connectivity index (χ3n) is 2.03. The van der Waals surface area contributed by atoms with E-state index in [4.69, 9.17) is 0 Å². The molecule has 72 valence electrons. The average molecular weight is 192 g/mol. The predicted molar refractivity (Wildman–Crippen MR) is 53.0 cm³/mol. The Labute approximate surface area is 105 Å². The van der Waals surface area contributed by atoms with Gasteiger partial charge in [0.15, 0.2) is 0 Å². The van der Waals surface area contributed by atoms with Gasteiger partial charge in [0.1, 0.15) is 5.78 Å². The van der Waals surface area contributed by atoms with E-state index in [-0.39, 0.29) is 29.6 Å². The fourth-order valence-electron chi connectivity index (χ4n) is 1.26. The first-order chi connectivity index (χ1) is 5.77. The molecule has 1 nitrogen and oxygen atoms in total. The molecule has 2 heteroatoms. The summed E-state index contributed by atoms with van der Waals surface area (Å²) in [4.78, 5) is 10.6. The van der Waals surface area contributed by atoms with Crippen molar-refractivity contribution in [2.45, 2.75) is 58.3 Å². The smallest absolute Gasteiger partial charge is 0.343 e. The zero-order valence-corrected chi connectivity index (χ0v) is 11.3. The van der Waals surface area contributed by atoms with E-state index in [1.54, 1.807) is 6.92 Å². The van der Waals surface area contributed by atoms with Gasteiger partial charge in [-0.15, -0.1) is 0 Å². The van der Waals surface area contributed by atoms with Crippen molar-refractivity contribution < 1.29 is 34.4 Å². The molecule has 0 atom stereocenters. The largest absolute Gasteiger partial charge is 1.00 e. The number of carbonyl (C=O) groups excluding carboxylic acids is 1. The van der Waals surface area contributed by atoms with E-state index >= 15 is 0 Å². The molecule has 0 N–H and O–H groups in total. The number of unbranched alkanes of at least 4 members (excludes halogenated alkanes) is 6. The quantitative estimate of drug-likeness (QED) is 0.311. The molecular formula is C11H21NaO. The van der Waals surface area contributed by atoms with Gasteiger partial charge in [-0.3, -0.25) is 0 Å². The minimum Gasteiger partial charge on any atom is -0.343 e. The van der Waals surface area contributed by atoms with Gasteiger partial charge in [0, 0.05) is 6.42 Å². The van der Waals surface area contributed by atoms with Crippen molar-refractivity contribution in [1.82, 2.24) is 0 Å². The van der Waals surface area contributed by atoms with Crippen LogP contribution in [0.15, 0.2) is 0 Å². The molecule has 0 radical (unpaired) electrons. The predicted octanol–water partition coefficient (Wildman–Crippen LogP) is 0.534. The fraction of sp³-hybridized carbons (Fsp3) is 0.818. The van der Waals surface area contributed by atoms with Crippen molar-refractivity contribution in [3.8, 4) is 0 Å². The Balaban J connectivity index is 0. The summed E-state index contributed by atoms with van der Waals surface area (Å²) in [5.41, 5.74) is 0. The second-order valence-corrected chi connectivity index (χ2v) is 3.43. The molecule has 0 fully saturated rings. The topological polar surface area (TPSA) is 17.1 Å². The van der Waals surface area contributed by atoms with Crippen LogP contribution < -0.4 is 29.6 Å². The molecule has 0 heterocycles. The van der Waals surface area contributed by atoms with Gasteiger partial charge in [-0.05, 0) is 13.3 Å². The molecule has 0 rings (SSSR count). The first kappa shape index (κ1) is 16.1. The normalized spacial score (nSPS) is 9.38. The van der Waals surface area contributed by atoms with E-state index in [0.29, 0.717) is 5.78 Å². The molecule has 0 unspecified atom stereocenters. The van der Waals surface area contributed by atoms with Gasteiger partial charge in [-0.25, -0.2) is 0 Å². The van der Waals surface area contributed by atoms with Crippen molar-refractivity contribution in [2.24, 2.45) is 0 Å². The van der Waals surface area contributed by atoms with E-state index < -0.39 is 0 Å². The van der Waals surface area contributed by atoms with E-state index in [0.717, 1.165) is 19.3 Å². The van der Waals surface area contributed by atoms with Crippen molar-refractivity contribution in [3.63, 3.8) is 0 Å². The molecule has 0 aliphatic heterocycles. The number of hydrogen-bond acceptors (Lipinski definition) is 1. The van der Waals surface area contributed by atoms with Crippen LogP contribution >= 0.6 is 0 Å². The molecule has 0 saturated heterocycles. The maximum absolute atomic E-state index is 10.6. The molecule has 0 aliphatic rings. The number of Topliss-reactive ketones (excluding diaryl/α,β-unsaturated/α-hetero) is 1. The Bertz CT molecular complexity index is 113.